The minimum Gasteiger partial charge on any atom is -0.102 e. The summed E-state index contributed by atoms with van der Waals surface area (Å²) in [5.74, 6) is 6.18. The predicted molar refractivity (Wildman–Crippen MR) is 122 cm³/mol. The summed E-state index contributed by atoms with van der Waals surface area (Å²) in [4.78, 5) is 0. The summed E-state index contributed by atoms with van der Waals surface area (Å²) >= 11 is 0. The maximum absolute atomic E-state index is 4.65. The third-order valence-electron chi connectivity index (χ3n) is 11.2. The van der Waals surface area contributed by atoms with E-state index in [0.29, 0.717) is 22.2 Å². The molecule has 4 aliphatic rings. The van der Waals surface area contributed by atoms with E-state index in [0.717, 1.165) is 35.5 Å². The maximum atomic E-state index is 4.65. The van der Waals surface area contributed by atoms with Gasteiger partial charge in [-0.05, 0) is 110 Å². The fraction of sp³-hybridized carbons (Fsp3) is 0.893. The topological polar surface area (TPSA) is 0 Å². The molecule has 0 aromatic carbocycles. The van der Waals surface area contributed by atoms with Gasteiger partial charge in [-0.15, -0.1) is 6.58 Å². The van der Waals surface area contributed by atoms with Gasteiger partial charge in [0.05, 0.1) is 0 Å². The molecular formula is C28H47. The van der Waals surface area contributed by atoms with Crippen molar-refractivity contribution in [3.8, 4) is 0 Å². The number of hydrogen-bond donors (Lipinski definition) is 0. The van der Waals surface area contributed by atoms with Gasteiger partial charge in [0.1, 0.15) is 0 Å². The van der Waals surface area contributed by atoms with Gasteiger partial charge in [-0.1, -0.05) is 60.0 Å². The second kappa shape index (κ2) is 7.16. The van der Waals surface area contributed by atoms with Crippen LogP contribution in [-0.4, -0.2) is 0 Å². The highest BCUT2D eigenvalue weighted by molar-refractivity contribution is 5.23. The zero-order valence-electron chi connectivity index (χ0n) is 19.6. The number of fused-ring (bicyclic) bond motifs is 5. The first kappa shape index (κ1) is 21.0. The van der Waals surface area contributed by atoms with Crippen molar-refractivity contribution in [2.75, 3.05) is 0 Å². The molecule has 0 aliphatic heterocycles. The molecule has 0 heteroatoms. The van der Waals surface area contributed by atoms with Crippen LogP contribution < -0.4 is 0 Å². The molecule has 28 heavy (non-hydrogen) atoms. The molecule has 0 aromatic rings. The molecule has 4 fully saturated rings. The molecule has 1 radical (unpaired) electrons. The number of allylic oxidation sites excluding steroid dienone is 1. The molecular weight excluding hydrogens is 336 g/mol. The Kier molecular flexibility index (Phi) is 5.37. The first-order valence-corrected chi connectivity index (χ1v) is 12.7. The van der Waals surface area contributed by atoms with Crippen molar-refractivity contribution >= 4 is 0 Å². The van der Waals surface area contributed by atoms with E-state index in [1.54, 1.807) is 0 Å². The Bertz CT molecular complexity index is 589. The molecule has 0 amide bonds. The Balaban J connectivity index is 1.53. The lowest BCUT2D eigenvalue weighted by atomic mass is 9.54. The van der Waals surface area contributed by atoms with Gasteiger partial charge >= 0.3 is 0 Å². The lowest BCUT2D eigenvalue weighted by Crippen LogP contribution is -2.44. The van der Waals surface area contributed by atoms with Crippen LogP contribution in [0.1, 0.15) is 98.8 Å². The maximum Gasteiger partial charge on any atom is -0.00333 e. The van der Waals surface area contributed by atoms with E-state index in [-0.39, 0.29) is 0 Å². The Morgan fingerprint density at radius 3 is 2.39 bits per heavy atom. The normalized spacial score (nSPS) is 51.0. The standard InChI is InChI=1S/C28H47/c1-8-28-18-22-24-13-12-23(20(4)11-9-10-19(2)3)26(24,6)16-15-25(22)27(28,7)17-14-21(28)5/h8,19-25H,1,5,9-18H2,2-4,6-7H3/t20-,21+,22+,23-,24+,25+,26-,27-,28-/m1/s1. The van der Waals surface area contributed by atoms with E-state index in [1.165, 1.54) is 64.2 Å². The van der Waals surface area contributed by atoms with Gasteiger partial charge in [0.2, 0.25) is 0 Å². The fourth-order valence-electron chi connectivity index (χ4n) is 9.62. The molecule has 9 atom stereocenters. The van der Waals surface area contributed by atoms with Crippen LogP contribution in [0.4, 0.5) is 0 Å². The molecule has 0 N–H and O–H groups in total. The van der Waals surface area contributed by atoms with Crippen molar-refractivity contribution in [3.63, 3.8) is 0 Å². The Hall–Kier alpha value is -0.260. The average molecular weight is 384 g/mol. The minimum atomic E-state index is 0.328. The zero-order valence-corrected chi connectivity index (χ0v) is 19.6. The molecule has 4 rings (SSSR count). The van der Waals surface area contributed by atoms with E-state index in [1.807, 2.05) is 0 Å². The fourth-order valence-corrected chi connectivity index (χ4v) is 9.62. The molecule has 159 valence electrons. The summed E-state index contributed by atoms with van der Waals surface area (Å²) in [6, 6.07) is 0. The van der Waals surface area contributed by atoms with Gasteiger partial charge in [0.15, 0.2) is 0 Å². The lowest BCUT2D eigenvalue weighted by Gasteiger charge is -2.51. The molecule has 0 spiro atoms. The van der Waals surface area contributed by atoms with Crippen molar-refractivity contribution in [3.05, 3.63) is 19.6 Å². The van der Waals surface area contributed by atoms with Crippen LogP contribution in [0.25, 0.3) is 0 Å². The van der Waals surface area contributed by atoms with Gasteiger partial charge in [-0.25, -0.2) is 0 Å². The SMILES string of the molecule is [CH2][C@H]1CC[C@]2(C)[C@H]3CC[C@]4(C)[C@@H]([C@H](C)CCCC(C)C)CC[C@H]4[C@@H]3C[C@]12C=C. The van der Waals surface area contributed by atoms with Gasteiger partial charge in [0.25, 0.3) is 0 Å². The van der Waals surface area contributed by atoms with E-state index in [9.17, 15) is 0 Å². The van der Waals surface area contributed by atoms with E-state index < -0.39 is 0 Å². The van der Waals surface area contributed by atoms with Gasteiger partial charge < -0.3 is 0 Å². The minimum absolute atomic E-state index is 0.328. The quantitative estimate of drug-likeness (QED) is 0.404. The highest BCUT2D eigenvalue weighted by Gasteiger charge is 2.69. The third-order valence-corrected chi connectivity index (χ3v) is 11.2. The van der Waals surface area contributed by atoms with Crippen LogP contribution in [0.3, 0.4) is 0 Å². The Labute approximate surface area is 176 Å². The first-order valence-electron chi connectivity index (χ1n) is 12.7. The van der Waals surface area contributed by atoms with Gasteiger partial charge in [-0.3, -0.25) is 0 Å². The van der Waals surface area contributed by atoms with Crippen LogP contribution in [0, 0.1) is 64.6 Å². The average Bonchev–Trinajstić information content (AvgIpc) is 3.20. The van der Waals surface area contributed by atoms with Crippen molar-refractivity contribution in [1.29, 1.82) is 0 Å². The van der Waals surface area contributed by atoms with Gasteiger partial charge in [-0.2, -0.15) is 0 Å². The van der Waals surface area contributed by atoms with Crippen LogP contribution in [-0.2, 0) is 0 Å². The molecule has 0 nitrogen and oxygen atoms in total. The van der Waals surface area contributed by atoms with E-state index >= 15 is 0 Å². The van der Waals surface area contributed by atoms with Crippen LogP contribution >= 0.6 is 0 Å². The monoisotopic (exact) mass is 383 g/mol. The van der Waals surface area contributed by atoms with Crippen molar-refractivity contribution in [2.45, 2.75) is 98.8 Å². The third kappa shape index (κ3) is 2.75. The predicted octanol–water partition coefficient (Wildman–Crippen LogP) is 8.33. The van der Waals surface area contributed by atoms with E-state index in [4.69, 9.17) is 0 Å². The van der Waals surface area contributed by atoms with Crippen LogP contribution in [0.5, 0.6) is 0 Å². The summed E-state index contributed by atoms with van der Waals surface area (Å²) < 4.78 is 0. The molecule has 4 aliphatic carbocycles. The zero-order chi connectivity index (χ0) is 20.3. The van der Waals surface area contributed by atoms with Crippen molar-refractivity contribution in [1.82, 2.24) is 0 Å². The summed E-state index contributed by atoms with van der Waals surface area (Å²) in [6.07, 6.45) is 16.8. The highest BCUT2D eigenvalue weighted by Crippen LogP contribution is 2.76. The summed E-state index contributed by atoms with van der Waals surface area (Å²) in [5, 5.41) is 0. The van der Waals surface area contributed by atoms with Crippen LogP contribution in [0.15, 0.2) is 12.7 Å². The molecule has 0 aromatic heterocycles. The lowest BCUT2D eigenvalue weighted by molar-refractivity contribution is -0.0192. The second-order valence-electron chi connectivity index (χ2n) is 12.5. The highest BCUT2D eigenvalue weighted by atomic mass is 14.7. The number of hydrogen-bond acceptors (Lipinski definition) is 0. The summed E-state index contributed by atoms with van der Waals surface area (Å²) in [7, 11) is 0. The molecule has 0 saturated heterocycles. The molecule has 0 heterocycles. The van der Waals surface area contributed by atoms with Crippen molar-refractivity contribution < 1.29 is 0 Å². The molecule has 0 unspecified atom stereocenters. The number of rotatable bonds is 6. The second-order valence-corrected chi connectivity index (χ2v) is 12.5. The largest absolute Gasteiger partial charge is 0.102 e. The van der Waals surface area contributed by atoms with Crippen LogP contribution in [0.2, 0.25) is 0 Å². The van der Waals surface area contributed by atoms with E-state index in [2.05, 4.69) is 54.2 Å². The van der Waals surface area contributed by atoms with Gasteiger partial charge in [0, 0.05) is 0 Å². The molecule has 4 saturated carbocycles. The molecule has 0 bridgehead atoms. The van der Waals surface area contributed by atoms with Crippen molar-refractivity contribution in [2.24, 2.45) is 57.7 Å². The summed E-state index contributed by atoms with van der Waals surface area (Å²) in [5.41, 5.74) is 1.41. The Morgan fingerprint density at radius 2 is 1.71 bits per heavy atom. The first-order chi connectivity index (χ1) is 13.2. The Morgan fingerprint density at radius 1 is 0.964 bits per heavy atom. The smallest absolute Gasteiger partial charge is 0.00333 e. The summed E-state index contributed by atoms with van der Waals surface area (Å²) in [6.45, 7) is 21.7.